The van der Waals surface area contributed by atoms with Crippen molar-refractivity contribution in [3.8, 4) is 0 Å². The molecule has 0 radical (unpaired) electrons. The number of nitrogens with zero attached hydrogens (tertiary/aromatic N) is 1. The highest BCUT2D eigenvalue weighted by Gasteiger charge is 2.47. The van der Waals surface area contributed by atoms with Gasteiger partial charge in [0.05, 0.1) is 0 Å². The van der Waals surface area contributed by atoms with Crippen molar-refractivity contribution in [3.63, 3.8) is 0 Å². The number of hydrogen-bond acceptors (Lipinski definition) is 2. The number of rotatable bonds is 4. The second kappa shape index (κ2) is 5.86. The number of halogens is 1. The molecule has 1 aromatic carbocycles. The number of likely N-dealkylation sites (N-methyl/N-ethyl adjacent to an activating group) is 1. The smallest absolute Gasteiger partial charge is 0.226 e. The van der Waals surface area contributed by atoms with Crippen molar-refractivity contribution in [1.29, 1.82) is 0 Å². The maximum atomic E-state index is 12.6. The Morgan fingerprint density at radius 3 is 2.85 bits per heavy atom. The van der Waals surface area contributed by atoms with Gasteiger partial charge in [-0.3, -0.25) is 4.79 Å². The van der Waals surface area contributed by atoms with Gasteiger partial charge in [0.1, 0.15) is 0 Å². The molecule has 2 fully saturated rings. The Balaban J connectivity index is 1.63. The Morgan fingerprint density at radius 2 is 2.15 bits per heavy atom. The van der Waals surface area contributed by atoms with Crippen LogP contribution in [0.1, 0.15) is 30.7 Å². The second-order valence-electron chi connectivity index (χ2n) is 5.89. The summed E-state index contributed by atoms with van der Waals surface area (Å²) in [6.07, 6.45) is 3.30. The molecule has 0 aromatic heterocycles. The van der Waals surface area contributed by atoms with Crippen molar-refractivity contribution in [2.75, 3.05) is 20.1 Å². The molecular formula is C16H21BrN2O. The van der Waals surface area contributed by atoms with E-state index in [2.05, 4.69) is 50.4 Å². The molecule has 2 aliphatic rings. The van der Waals surface area contributed by atoms with Crippen molar-refractivity contribution >= 4 is 21.8 Å². The molecule has 1 saturated heterocycles. The first kappa shape index (κ1) is 14.1. The molecule has 0 unspecified atom stereocenters. The van der Waals surface area contributed by atoms with E-state index in [0.717, 1.165) is 36.8 Å². The van der Waals surface area contributed by atoms with Crippen molar-refractivity contribution in [2.45, 2.75) is 31.2 Å². The average molecular weight is 337 g/mol. The minimum Gasteiger partial charge on any atom is -0.338 e. The number of carbonyl (C=O) groups is 1. The van der Waals surface area contributed by atoms with Gasteiger partial charge < -0.3 is 10.2 Å². The van der Waals surface area contributed by atoms with Crippen molar-refractivity contribution in [3.05, 3.63) is 34.3 Å². The number of hydrogen-bond donors (Lipinski definition) is 1. The van der Waals surface area contributed by atoms with Crippen LogP contribution in [-0.4, -0.2) is 37.0 Å². The molecule has 3 atom stereocenters. The predicted molar refractivity (Wildman–Crippen MR) is 83.7 cm³/mol. The van der Waals surface area contributed by atoms with Crippen molar-refractivity contribution in [2.24, 2.45) is 5.92 Å². The van der Waals surface area contributed by atoms with E-state index in [1.54, 1.807) is 0 Å². The highest BCUT2D eigenvalue weighted by atomic mass is 79.9. The zero-order chi connectivity index (χ0) is 14.1. The van der Waals surface area contributed by atoms with Gasteiger partial charge in [0.15, 0.2) is 0 Å². The maximum absolute atomic E-state index is 12.6. The van der Waals surface area contributed by atoms with Crippen LogP contribution in [-0.2, 0) is 4.79 Å². The molecule has 0 bridgehead atoms. The van der Waals surface area contributed by atoms with E-state index in [9.17, 15) is 4.79 Å². The summed E-state index contributed by atoms with van der Waals surface area (Å²) in [5.74, 6) is 1.02. The van der Waals surface area contributed by atoms with Gasteiger partial charge in [-0.1, -0.05) is 28.1 Å². The Kier molecular flexibility index (Phi) is 4.13. The van der Waals surface area contributed by atoms with Gasteiger partial charge in [-0.25, -0.2) is 0 Å². The largest absolute Gasteiger partial charge is 0.338 e. The third-order valence-electron chi connectivity index (χ3n) is 4.51. The Hall–Kier alpha value is -0.870. The van der Waals surface area contributed by atoms with Crippen LogP contribution in [0, 0.1) is 5.92 Å². The van der Waals surface area contributed by atoms with E-state index in [4.69, 9.17) is 0 Å². The highest BCUT2D eigenvalue weighted by Crippen LogP contribution is 2.49. The van der Waals surface area contributed by atoms with E-state index >= 15 is 0 Å². The lowest BCUT2D eigenvalue weighted by atomic mass is 10.1. The van der Waals surface area contributed by atoms with Gasteiger partial charge in [-0.2, -0.15) is 0 Å². The van der Waals surface area contributed by atoms with E-state index in [0.29, 0.717) is 17.9 Å². The number of amides is 1. The minimum absolute atomic E-state index is 0.216. The van der Waals surface area contributed by atoms with E-state index in [-0.39, 0.29) is 5.92 Å². The van der Waals surface area contributed by atoms with Gasteiger partial charge in [-0.05, 0) is 49.9 Å². The number of nitrogens with one attached hydrogen (secondary N) is 1. The first-order valence-electron chi connectivity index (χ1n) is 7.41. The minimum atomic E-state index is 0.216. The SMILES string of the molecule is CNC[C@@H]1CCCN1C(=O)[C@@H]1C[C@@H]1c1ccc(Br)cc1. The Morgan fingerprint density at radius 1 is 1.40 bits per heavy atom. The van der Waals surface area contributed by atoms with E-state index in [1.165, 1.54) is 5.56 Å². The average Bonchev–Trinajstić information content (AvgIpc) is 3.11. The third kappa shape index (κ3) is 2.77. The van der Waals surface area contributed by atoms with Crippen LogP contribution in [0.5, 0.6) is 0 Å². The summed E-state index contributed by atoms with van der Waals surface area (Å²) in [6, 6.07) is 8.80. The van der Waals surface area contributed by atoms with E-state index < -0.39 is 0 Å². The third-order valence-corrected chi connectivity index (χ3v) is 5.03. The summed E-state index contributed by atoms with van der Waals surface area (Å²) in [7, 11) is 1.96. The van der Waals surface area contributed by atoms with Crippen LogP contribution >= 0.6 is 15.9 Å². The summed E-state index contributed by atoms with van der Waals surface area (Å²) in [5.41, 5.74) is 1.30. The topological polar surface area (TPSA) is 32.3 Å². The maximum Gasteiger partial charge on any atom is 0.226 e. The fraction of sp³-hybridized carbons (Fsp3) is 0.562. The van der Waals surface area contributed by atoms with Crippen LogP contribution in [0.4, 0.5) is 0 Å². The molecule has 20 heavy (non-hydrogen) atoms. The zero-order valence-corrected chi connectivity index (χ0v) is 13.4. The van der Waals surface area contributed by atoms with Crippen LogP contribution in [0.3, 0.4) is 0 Å². The molecule has 1 heterocycles. The summed E-state index contributed by atoms with van der Waals surface area (Å²) < 4.78 is 1.10. The van der Waals surface area contributed by atoms with Gasteiger partial charge in [0, 0.05) is 29.5 Å². The number of likely N-dealkylation sites (tertiary alicyclic amines) is 1. The molecule has 3 nitrogen and oxygen atoms in total. The summed E-state index contributed by atoms with van der Waals surface area (Å²) in [4.78, 5) is 14.7. The molecule has 4 heteroatoms. The fourth-order valence-corrected chi connectivity index (χ4v) is 3.60. The van der Waals surface area contributed by atoms with Crippen LogP contribution in [0.2, 0.25) is 0 Å². The normalized spacial score (nSPS) is 28.7. The molecule has 1 N–H and O–H groups in total. The van der Waals surface area contributed by atoms with Crippen LogP contribution < -0.4 is 5.32 Å². The standard InChI is InChI=1S/C16H21BrN2O/c1-18-10-13-3-2-8-19(13)16(20)15-9-14(15)11-4-6-12(17)7-5-11/h4-7,13-15,18H,2-3,8-10H2,1H3/t13-,14+,15+/m0/s1. The molecule has 3 rings (SSSR count). The van der Waals surface area contributed by atoms with Crippen molar-refractivity contribution in [1.82, 2.24) is 10.2 Å². The predicted octanol–water partition coefficient (Wildman–Crippen LogP) is 2.76. The highest BCUT2D eigenvalue weighted by molar-refractivity contribution is 9.10. The lowest BCUT2D eigenvalue weighted by molar-refractivity contribution is -0.133. The van der Waals surface area contributed by atoms with Crippen LogP contribution in [0.15, 0.2) is 28.7 Å². The molecule has 0 spiro atoms. The van der Waals surface area contributed by atoms with Crippen LogP contribution in [0.25, 0.3) is 0 Å². The molecule has 108 valence electrons. The van der Waals surface area contributed by atoms with Crippen molar-refractivity contribution < 1.29 is 4.79 Å². The van der Waals surface area contributed by atoms with E-state index in [1.807, 2.05) is 7.05 Å². The van der Waals surface area contributed by atoms with Gasteiger partial charge in [0.2, 0.25) is 5.91 Å². The molecule has 1 aromatic rings. The summed E-state index contributed by atoms with van der Waals surface area (Å²) in [6.45, 7) is 1.86. The first-order chi connectivity index (χ1) is 9.70. The molecule has 1 aliphatic heterocycles. The quantitative estimate of drug-likeness (QED) is 0.916. The van der Waals surface area contributed by atoms with Gasteiger partial charge in [0.25, 0.3) is 0 Å². The zero-order valence-electron chi connectivity index (χ0n) is 11.8. The lowest BCUT2D eigenvalue weighted by Crippen LogP contribution is -2.41. The second-order valence-corrected chi connectivity index (χ2v) is 6.80. The molecule has 1 aliphatic carbocycles. The monoisotopic (exact) mass is 336 g/mol. The van der Waals surface area contributed by atoms with Gasteiger partial charge in [-0.15, -0.1) is 0 Å². The Bertz CT molecular complexity index is 488. The van der Waals surface area contributed by atoms with Gasteiger partial charge >= 0.3 is 0 Å². The number of benzene rings is 1. The summed E-state index contributed by atoms with van der Waals surface area (Å²) in [5, 5.41) is 3.20. The molecule has 1 amide bonds. The summed E-state index contributed by atoms with van der Waals surface area (Å²) >= 11 is 3.46. The number of carbonyl (C=O) groups excluding carboxylic acids is 1. The fourth-order valence-electron chi connectivity index (χ4n) is 3.33. The first-order valence-corrected chi connectivity index (χ1v) is 8.20. The Labute approximate surface area is 128 Å². The molecular weight excluding hydrogens is 316 g/mol. The molecule has 1 saturated carbocycles. The lowest BCUT2D eigenvalue weighted by Gasteiger charge is -2.24.